The van der Waals surface area contributed by atoms with Gasteiger partial charge in [0.2, 0.25) is 0 Å². The topological polar surface area (TPSA) is 84.9 Å². The second-order valence-corrected chi connectivity index (χ2v) is 7.19. The zero-order valence-electron chi connectivity index (χ0n) is 15.6. The van der Waals surface area contributed by atoms with Gasteiger partial charge in [-0.2, -0.15) is 18.3 Å². The van der Waals surface area contributed by atoms with Gasteiger partial charge in [0.1, 0.15) is 5.15 Å². The third-order valence-electron chi connectivity index (χ3n) is 4.89. The molecule has 1 N–H and O–H groups in total. The number of nitrogens with zero attached hydrogens (tertiary/aromatic N) is 5. The molecule has 0 radical (unpaired) electrons. The lowest BCUT2D eigenvalue weighted by atomic mass is 10.1. The van der Waals surface area contributed by atoms with E-state index in [0.29, 0.717) is 25.3 Å². The minimum absolute atomic E-state index is 0.198. The fourth-order valence-corrected chi connectivity index (χ4v) is 3.58. The lowest BCUT2D eigenvalue weighted by Gasteiger charge is -2.26. The van der Waals surface area contributed by atoms with Crippen molar-refractivity contribution in [2.45, 2.75) is 12.7 Å². The van der Waals surface area contributed by atoms with Crippen LogP contribution in [0, 0.1) is 0 Å². The number of hydrogen-bond donors (Lipinski definition) is 1. The zero-order valence-corrected chi connectivity index (χ0v) is 16.3. The van der Waals surface area contributed by atoms with Gasteiger partial charge in [-0.1, -0.05) is 11.6 Å². The number of carboxylic acids is 1. The van der Waals surface area contributed by atoms with Crippen LogP contribution >= 0.6 is 11.6 Å². The van der Waals surface area contributed by atoms with E-state index in [-0.39, 0.29) is 5.56 Å². The van der Waals surface area contributed by atoms with Crippen molar-refractivity contribution in [2.75, 3.05) is 32.8 Å². The highest BCUT2D eigenvalue weighted by Gasteiger charge is 2.36. The molecular formula is C18H17ClF3N5O3. The van der Waals surface area contributed by atoms with Crippen LogP contribution in [0.2, 0.25) is 5.15 Å². The van der Waals surface area contributed by atoms with Gasteiger partial charge in [-0.05, 0) is 6.07 Å². The molecule has 0 bridgehead atoms. The van der Waals surface area contributed by atoms with E-state index >= 15 is 0 Å². The van der Waals surface area contributed by atoms with Crippen molar-refractivity contribution in [1.29, 1.82) is 0 Å². The van der Waals surface area contributed by atoms with Gasteiger partial charge in [-0.25, -0.2) is 9.78 Å². The number of aromatic nitrogens is 4. The summed E-state index contributed by atoms with van der Waals surface area (Å²) in [6.45, 7) is 4.31. The zero-order chi connectivity index (χ0) is 21.5. The Kier molecular flexibility index (Phi) is 5.43. The Morgan fingerprint density at radius 1 is 1.20 bits per heavy atom. The highest BCUT2D eigenvalue weighted by molar-refractivity contribution is 6.32. The molecule has 0 spiro atoms. The van der Waals surface area contributed by atoms with E-state index in [2.05, 4.69) is 15.0 Å². The molecule has 30 heavy (non-hydrogen) atoms. The fraction of sp³-hybridized carbons (Fsp3) is 0.389. The van der Waals surface area contributed by atoms with Gasteiger partial charge in [0.25, 0.3) is 0 Å². The first kappa shape index (κ1) is 20.6. The first-order valence-electron chi connectivity index (χ1n) is 9.09. The lowest BCUT2D eigenvalue weighted by Crippen LogP contribution is -2.38. The number of ether oxygens (including phenoxy) is 1. The second kappa shape index (κ2) is 7.89. The normalized spacial score (nSPS) is 15.7. The monoisotopic (exact) mass is 443 g/mol. The minimum Gasteiger partial charge on any atom is -0.476 e. The van der Waals surface area contributed by atoms with E-state index in [9.17, 15) is 18.0 Å². The third kappa shape index (κ3) is 4.00. The van der Waals surface area contributed by atoms with Crippen molar-refractivity contribution >= 4 is 23.2 Å². The molecule has 0 unspecified atom stereocenters. The van der Waals surface area contributed by atoms with E-state index in [0.717, 1.165) is 30.1 Å². The molecule has 8 nitrogen and oxygen atoms in total. The molecule has 3 aromatic rings. The Hall–Kier alpha value is -2.63. The average molecular weight is 444 g/mol. The third-order valence-corrected chi connectivity index (χ3v) is 5.25. The Morgan fingerprint density at radius 2 is 1.93 bits per heavy atom. The van der Waals surface area contributed by atoms with Crippen LogP contribution in [0.15, 0.2) is 24.7 Å². The lowest BCUT2D eigenvalue weighted by molar-refractivity contribution is -0.136. The maximum atomic E-state index is 13.6. The molecule has 0 atom stereocenters. The van der Waals surface area contributed by atoms with Crippen LogP contribution in [0.3, 0.4) is 0 Å². The molecule has 0 aromatic carbocycles. The maximum absolute atomic E-state index is 13.6. The van der Waals surface area contributed by atoms with Crippen LogP contribution in [0.5, 0.6) is 0 Å². The molecule has 1 aliphatic rings. The minimum atomic E-state index is -4.74. The van der Waals surface area contributed by atoms with Crippen molar-refractivity contribution in [1.82, 2.24) is 24.1 Å². The summed E-state index contributed by atoms with van der Waals surface area (Å²) in [6, 6.07) is 0.924. The van der Waals surface area contributed by atoms with Crippen molar-refractivity contribution < 1.29 is 27.8 Å². The van der Waals surface area contributed by atoms with E-state index in [1.165, 1.54) is 12.4 Å². The molecule has 0 amide bonds. The summed E-state index contributed by atoms with van der Waals surface area (Å²) in [7, 11) is 0. The molecule has 0 aliphatic carbocycles. The number of halogens is 4. The first-order chi connectivity index (χ1) is 14.2. The Bertz CT molecular complexity index is 1090. The van der Waals surface area contributed by atoms with Crippen molar-refractivity contribution in [3.05, 3.63) is 41.1 Å². The van der Waals surface area contributed by atoms with E-state index in [1.54, 1.807) is 10.9 Å². The summed E-state index contributed by atoms with van der Waals surface area (Å²) in [6.07, 6.45) is -0.308. The molecule has 160 valence electrons. The van der Waals surface area contributed by atoms with E-state index in [1.807, 2.05) is 0 Å². The highest BCUT2D eigenvalue weighted by atomic mass is 35.5. The Balaban J connectivity index is 1.68. The highest BCUT2D eigenvalue weighted by Crippen LogP contribution is 2.36. The number of hydrogen-bond acceptors (Lipinski definition) is 5. The maximum Gasteiger partial charge on any atom is 0.420 e. The number of pyridine rings is 1. The smallest absolute Gasteiger partial charge is 0.420 e. The van der Waals surface area contributed by atoms with Gasteiger partial charge < -0.3 is 9.84 Å². The molecule has 3 aromatic heterocycles. The van der Waals surface area contributed by atoms with Gasteiger partial charge in [0.05, 0.1) is 31.5 Å². The summed E-state index contributed by atoms with van der Waals surface area (Å²) in [5.74, 6) is -1.51. The molecule has 12 heteroatoms. The molecule has 0 saturated carbocycles. The Labute approximate surface area is 173 Å². The largest absolute Gasteiger partial charge is 0.476 e. The van der Waals surface area contributed by atoms with Crippen LogP contribution in [-0.2, 0) is 17.5 Å². The summed E-state index contributed by atoms with van der Waals surface area (Å²) < 4.78 is 48.7. The van der Waals surface area contributed by atoms with Gasteiger partial charge in [0.15, 0.2) is 11.3 Å². The van der Waals surface area contributed by atoms with Crippen LogP contribution in [0.1, 0.15) is 16.1 Å². The predicted octanol–water partition coefficient (Wildman–Crippen LogP) is 2.90. The van der Waals surface area contributed by atoms with Crippen LogP contribution in [-0.4, -0.2) is 68.0 Å². The number of carbonyl (C=O) groups is 1. The summed E-state index contributed by atoms with van der Waals surface area (Å²) in [4.78, 5) is 17.0. The predicted molar refractivity (Wildman–Crippen MR) is 101 cm³/mol. The summed E-state index contributed by atoms with van der Waals surface area (Å²) in [5.41, 5.74) is -1.63. The fourth-order valence-electron chi connectivity index (χ4n) is 3.32. The quantitative estimate of drug-likeness (QED) is 0.652. The number of aromatic carboxylic acids is 1. The molecule has 1 aliphatic heterocycles. The van der Waals surface area contributed by atoms with Crippen LogP contribution in [0.25, 0.3) is 16.8 Å². The van der Waals surface area contributed by atoms with Crippen molar-refractivity contribution in [3.8, 4) is 11.1 Å². The van der Waals surface area contributed by atoms with E-state index in [4.69, 9.17) is 21.4 Å². The van der Waals surface area contributed by atoms with Crippen LogP contribution in [0.4, 0.5) is 13.2 Å². The number of fused-ring (bicyclic) bond motifs is 1. The SMILES string of the molecule is O=C(O)c1nc2c(C(F)(F)F)cc(-c3cnn(CCN4CCOCC4)c3)cn2c1Cl. The van der Waals surface area contributed by atoms with Crippen LogP contribution < -0.4 is 0 Å². The number of alkyl halides is 3. The summed E-state index contributed by atoms with van der Waals surface area (Å²) >= 11 is 5.99. The molecule has 4 heterocycles. The first-order valence-corrected chi connectivity index (χ1v) is 9.47. The number of imidazole rings is 1. The van der Waals surface area contributed by atoms with Crippen molar-refractivity contribution in [2.24, 2.45) is 0 Å². The number of morpholine rings is 1. The standard InChI is InChI=1S/C18H17ClF3N5O3/c19-15-14(17(28)29)24-16-13(18(20,21)22)7-11(10-27(15)16)12-8-23-26(9-12)2-1-25-3-5-30-6-4-25/h7-10H,1-6H2,(H,28,29). The van der Waals surface area contributed by atoms with Gasteiger partial charge >= 0.3 is 12.1 Å². The molecule has 1 saturated heterocycles. The number of rotatable bonds is 5. The van der Waals surface area contributed by atoms with Gasteiger partial charge in [-0.15, -0.1) is 0 Å². The number of carboxylic acid groups (broad SMARTS) is 1. The summed E-state index contributed by atoms with van der Waals surface area (Å²) in [5, 5.41) is 13.0. The van der Waals surface area contributed by atoms with Crippen molar-refractivity contribution in [3.63, 3.8) is 0 Å². The second-order valence-electron chi connectivity index (χ2n) is 6.84. The average Bonchev–Trinajstić information content (AvgIpc) is 3.31. The van der Waals surface area contributed by atoms with Gasteiger partial charge in [-0.3, -0.25) is 14.0 Å². The molecule has 1 fully saturated rings. The molecule has 4 rings (SSSR count). The molecular weight excluding hydrogens is 427 g/mol. The van der Waals surface area contributed by atoms with Gasteiger partial charge in [0, 0.05) is 43.2 Å². The van der Waals surface area contributed by atoms with E-state index < -0.39 is 34.2 Å². The Morgan fingerprint density at radius 3 is 2.60 bits per heavy atom.